The molecule has 2 nitrogen and oxygen atoms in total. The molecule has 2 aromatic rings. The Morgan fingerprint density at radius 1 is 1.16 bits per heavy atom. The fraction of sp³-hybridized carbons (Fsp3) is 0.200. The predicted octanol–water partition coefficient (Wildman–Crippen LogP) is 4.88. The minimum Gasteiger partial charge on any atom is -0.397 e. The van der Waals surface area contributed by atoms with Gasteiger partial charge in [0.1, 0.15) is 5.82 Å². The first-order valence-corrected chi connectivity index (χ1v) is 7.16. The van der Waals surface area contributed by atoms with E-state index < -0.39 is 0 Å². The van der Waals surface area contributed by atoms with Crippen LogP contribution in [-0.4, -0.2) is 0 Å². The van der Waals surface area contributed by atoms with E-state index in [0.717, 1.165) is 5.69 Å². The highest BCUT2D eigenvalue weighted by Gasteiger charge is 2.06. The number of halogens is 2. The highest BCUT2D eigenvalue weighted by Crippen LogP contribution is 2.27. The van der Waals surface area contributed by atoms with Gasteiger partial charge in [-0.15, -0.1) is 0 Å². The van der Waals surface area contributed by atoms with E-state index >= 15 is 0 Å². The lowest BCUT2D eigenvalue weighted by molar-refractivity contribution is 0.621. The molecule has 0 aliphatic carbocycles. The fourth-order valence-corrected chi connectivity index (χ4v) is 2.27. The molecular weight excluding hydrogens is 354 g/mol. The van der Waals surface area contributed by atoms with E-state index in [9.17, 15) is 4.39 Å². The Labute approximate surface area is 126 Å². The van der Waals surface area contributed by atoms with Crippen LogP contribution >= 0.6 is 22.6 Å². The smallest absolute Gasteiger partial charge is 0.138 e. The summed E-state index contributed by atoms with van der Waals surface area (Å²) >= 11 is 1.93. The maximum atomic E-state index is 13.5. The lowest BCUT2D eigenvalue weighted by atomic mass is 10.0. The van der Waals surface area contributed by atoms with Crippen LogP contribution in [0.1, 0.15) is 25.3 Å². The van der Waals surface area contributed by atoms with Crippen molar-refractivity contribution in [2.45, 2.75) is 19.8 Å². The van der Waals surface area contributed by atoms with Crippen LogP contribution in [0, 0.1) is 9.39 Å². The van der Waals surface area contributed by atoms with Gasteiger partial charge in [-0.3, -0.25) is 0 Å². The van der Waals surface area contributed by atoms with E-state index in [1.54, 1.807) is 6.07 Å². The summed E-state index contributed by atoms with van der Waals surface area (Å²) in [6.07, 6.45) is 0. The lowest BCUT2D eigenvalue weighted by Crippen LogP contribution is -1.99. The number of anilines is 3. The van der Waals surface area contributed by atoms with Gasteiger partial charge in [0, 0.05) is 11.8 Å². The Balaban J connectivity index is 2.24. The molecule has 0 spiro atoms. The van der Waals surface area contributed by atoms with Gasteiger partial charge in [0.05, 0.1) is 14.9 Å². The van der Waals surface area contributed by atoms with E-state index in [1.165, 1.54) is 11.6 Å². The maximum absolute atomic E-state index is 13.5. The van der Waals surface area contributed by atoms with Crippen molar-refractivity contribution in [2.75, 3.05) is 11.1 Å². The van der Waals surface area contributed by atoms with Crippen LogP contribution in [0.2, 0.25) is 0 Å². The molecule has 3 N–H and O–H groups in total. The fourth-order valence-electron chi connectivity index (χ4n) is 1.78. The van der Waals surface area contributed by atoms with E-state index in [1.807, 2.05) is 34.7 Å². The Morgan fingerprint density at radius 2 is 1.79 bits per heavy atom. The molecule has 0 aromatic heterocycles. The van der Waals surface area contributed by atoms with Crippen molar-refractivity contribution in [3.8, 4) is 0 Å². The summed E-state index contributed by atoms with van der Waals surface area (Å²) in [4.78, 5) is 0. The summed E-state index contributed by atoms with van der Waals surface area (Å²) in [5, 5.41) is 3.14. The lowest BCUT2D eigenvalue weighted by Gasteiger charge is -2.12. The maximum Gasteiger partial charge on any atom is 0.138 e. The van der Waals surface area contributed by atoms with E-state index in [2.05, 4.69) is 31.3 Å². The summed E-state index contributed by atoms with van der Waals surface area (Å²) in [7, 11) is 0. The number of hydrogen-bond donors (Lipinski definition) is 2. The SMILES string of the molecule is CC(C)c1ccc(Nc2cc(F)c(I)cc2N)cc1. The Bertz CT molecular complexity index is 579. The molecule has 0 unspecified atom stereocenters. The molecule has 19 heavy (non-hydrogen) atoms. The number of nitrogens with one attached hydrogen (secondary N) is 1. The molecule has 0 fully saturated rings. The van der Waals surface area contributed by atoms with Crippen LogP contribution in [0.25, 0.3) is 0 Å². The molecule has 4 heteroatoms. The van der Waals surface area contributed by atoms with Crippen molar-refractivity contribution >= 4 is 39.7 Å². The number of nitrogen functional groups attached to an aromatic ring is 1. The van der Waals surface area contributed by atoms with Gasteiger partial charge in [0.2, 0.25) is 0 Å². The second-order valence-corrected chi connectivity index (χ2v) is 5.92. The molecule has 0 heterocycles. The minimum absolute atomic E-state index is 0.267. The normalized spacial score (nSPS) is 10.8. The van der Waals surface area contributed by atoms with Crippen LogP contribution in [0.5, 0.6) is 0 Å². The average molecular weight is 370 g/mol. The van der Waals surface area contributed by atoms with Crippen molar-refractivity contribution in [2.24, 2.45) is 0 Å². The van der Waals surface area contributed by atoms with Crippen molar-refractivity contribution < 1.29 is 4.39 Å². The Kier molecular flexibility index (Phi) is 4.29. The third-order valence-corrected chi connectivity index (χ3v) is 3.78. The molecule has 0 atom stereocenters. The van der Waals surface area contributed by atoms with Gasteiger partial charge in [-0.05, 0) is 52.3 Å². The first-order valence-electron chi connectivity index (χ1n) is 6.09. The van der Waals surface area contributed by atoms with Crippen LogP contribution in [0.4, 0.5) is 21.5 Å². The number of benzene rings is 2. The monoisotopic (exact) mass is 370 g/mol. The summed E-state index contributed by atoms with van der Waals surface area (Å²) in [6, 6.07) is 11.1. The first kappa shape index (κ1) is 14.1. The van der Waals surface area contributed by atoms with Crippen molar-refractivity contribution in [1.29, 1.82) is 0 Å². The van der Waals surface area contributed by atoms with E-state index in [-0.39, 0.29) is 5.82 Å². The Morgan fingerprint density at radius 3 is 2.37 bits per heavy atom. The molecule has 100 valence electrons. The summed E-state index contributed by atoms with van der Waals surface area (Å²) in [5.41, 5.74) is 9.19. The van der Waals surface area contributed by atoms with Gasteiger partial charge in [-0.25, -0.2) is 4.39 Å². The minimum atomic E-state index is -0.267. The molecule has 2 rings (SSSR count). The van der Waals surface area contributed by atoms with Gasteiger partial charge < -0.3 is 11.1 Å². The molecule has 0 aliphatic rings. The highest BCUT2D eigenvalue weighted by atomic mass is 127. The zero-order valence-electron chi connectivity index (χ0n) is 10.9. The predicted molar refractivity (Wildman–Crippen MR) is 87.3 cm³/mol. The molecule has 2 aromatic carbocycles. The van der Waals surface area contributed by atoms with Gasteiger partial charge in [-0.2, -0.15) is 0 Å². The molecule has 0 amide bonds. The van der Waals surface area contributed by atoms with Crippen LogP contribution in [0.15, 0.2) is 36.4 Å². The second-order valence-electron chi connectivity index (χ2n) is 4.76. The van der Waals surface area contributed by atoms with Crippen LogP contribution in [0.3, 0.4) is 0 Å². The van der Waals surface area contributed by atoms with Gasteiger partial charge in [0.25, 0.3) is 0 Å². The summed E-state index contributed by atoms with van der Waals surface area (Å²) in [6.45, 7) is 4.30. The van der Waals surface area contributed by atoms with Crippen molar-refractivity contribution in [3.63, 3.8) is 0 Å². The van der Waals surface area contributed by atoms with E-state index in [0.29, 0.717) is 20.9 Å². The number of rotatable bonds is 3. The van der Waals surface area contributed by atoms with Crippen molar-refractivity contribution in [3.05, 3.63) is 51.3 Å². The highest BCUT2D eigenvalue weighted by molar-refractivity contribution is 14.1. The van der Waals surface area contributed by atoms with Gasteiger partial charge in [-0.1, -0.05) is 26.0 Å². The molecule has 0 saturated carbocycles. The zero-order valence-corrected chi connectivity index (χ0v) is 13.0. The number of nitrogens with two attached hydrogens (primary N) is 1. The summed E-state index contributed by atoms with van der Waals surface area (Å²) < 4.78 is 14.1. The zero-order chi connectivity index (χ0) is 14.0. The topological polar surface area (TPSA) is 38.0 Å². The average Bonchev–Trinajstić information content (AvgIpc) is 2.36. The second kappa shape index (κ2) is 5.77. The van der Waals surface area contributed by atoms with Crippen LogP contribution in [-0.2, 0) is 0 Å². The van der Waals surface area contributed by atoms with E-state index in [4.69, 9.17) is 5.73 Å². The molecule has 0 aliphatic heterocycles. The standard InChI is InChI=1S/C15H16FIN2/c1-9(2)10-3-5-11(6-4-10)19-15-7-12(16)13(17)8-14(15)18/h3-9,19H,18H2,1-2H3. The third-order valence-electron chi connectivity index (χ3n) is 2.95. The first-order chi connectivity index (χ1) is 8.97. The molecular formula is C15H16FIN2. The quantitative estimate of drug-likeness (QED) is 0.597. The van der Waals surface area contributed by atoms with Gasteiger partial charge in [0.15, 0.2) is 0 Å². The van der Waals surface area contributed by atoms with Crippen molar-refractivity contribution in [1.82, 2.24) is 0 Å². The van der Waals surface area contributed by atoms with Gasteiger partial charge >= 0.3 is 0 Å². The summed E-state index contributed by atoms with van der Waals surface area (Å²) in [5.74, 6) is 0.228. The molecule has 0 saturated heterocycles. The molecule has 0 bridgehead atoms. The molecule has 0 radical (unpaired) electrons. The van der Waals surface area contributed by atoms with Crippen LogP contribution < -0.4 is 11.1 Å². The Hall–Kier alpha value is -1.30. The largest absolute Gasteiger partial charge is 0.397 e. The third kappa shape index (κ3) is 3.37. The number of hydrogen-bond acceptors (Lipinski definition) is 2.